The van der Waals surface area contributed by atoms with Crippen LogP contribution >= 0.6 is 23.4 Å². The molecule has 3 aromatic carbocycles. The van der Waals surface area contributed by atoms with E-state index in [0.29, 0.717) is 22.6 Å². The molecule has 4 aromatic rings. The van der Waals surface area contributed by atoms with E-state index < -0.39 is 29.5 Å². The Morgan fingerprint density at radius 1 is 1.02 bits per heavy atom. The molecule has 0 saturated carbocycles. The monoisotopic (exact) mass is 640 g/mol. The van der Waals surface area contributed by atoms with Crippen LogP contribution in [0.1, 0.15) is 18.1 Å². The van der Waals surface area contributed by atoms with Gasteiger partial charge >= 0.3 is 12.5 Å². The molecule has 1 aromatic heterocycles. The third-order valence-electron chi connectivity index (χ3n) is 5.93. The number of hydrazone groups is 1. The maximum atomic E-state index is 13.6. The number of alkyl halides is 6. The standard InChI is InChI=1S/C27H19ClF6N6O2S/c1-25(41)14-43-24(37-22-20(26(29,30)31)3-2-4-21(22)28)40(25)36-13-16-5-7-17(8-6-16)23-35-15-39(38-23)18-9-11-19(12-10-18)42-27(32,33)34/h2-13,15,41H,14H2,1H3/b36-13+,37-24?. The number of nitrogens with zero attached hydrogens (tertiary/aromatic N) is 6. The van der Waals surface area contributed by atoms with Crippen LogP contribution in [0.5, 0.6) is 5.75 Å². The molecule has 0 radical (unpaired) electrons. The van der Waals surface area contributed by atoms with Gasteiger partial charge in [-0.15, -0.1) is 18.3 Å². The van der Waals surface area contributed by atoms with Gasteiger partial charge in [-0.1, -0.05) is 53.7 Å². The molecule has 1 unspecified atom stereocenters. The number of para-hydroxylation sites is 1. The van der Waals surface area contributed by atoms with Crippen LogP contribution in [0, 0.1) is 0 Å². The summed E-state index contributed by atoms with van der Waals surface area (Å²) in [6.07, 6.45) is -6.67. The largest absolute Gasteiger partial charge is 0.573 e. The fourth-order valence-electron chi connectivity index (χ4n) is 3.90. The Kier molecular flexibility index (Phi) is 8.15. The highest BCUT2D eigenvalue weighted by Crippen LogP contribution is 2.42. The SMILES string of the molecule is CC1(O)CSC(=Nc2c(Cl)cccc2C(F)(F)F)N1/N=C/c1ccc(-c2ncn(-c3ccc(OC(F)(F)F)cc3)n2)cc1. The molecule has 1 fully saturated rings. The molecule has 1 aliphatic heterocycles. The molecule has 2 heterocycles. The van der Waals surface area contributed by atoms with Gasteiger partial charge in [0.1, 0.15) is 12.1 Å². The second kappa shape index (κ2) is 11.5. The van der Waals surface area contributed by atoms with Crippen molar-refractivity contribution < 1.29 is 36.2 Å². The van der Waals surface area contributed by atoms with Crippen LogP contribution in [0.15, 0.2) is 83.2 Å². The zero-order valence-electron chi connectivity index (χ0n) is 21.8. The molecule has 1 saturated heterocycles. The molecule has 1 N–H and O–H groups in total. The van der Waals surface area contributed by atoms with Gasteiger partial charge in [0.2, 0.25) is 0 Å². The average molecular weight is 641 g/mol. The minimum absolute atomic E-state index is 0.0317. The molecule has 43 heavy (non-hydrogen) atoms. The number of hydrogen-bond donors (Lipinski definition) is 1. The fourth-order valence-corrected chi connectivity index (χ4v) is 5.16. The van der Waals surface area contributed by atoms with E-state index in [2.05, 4.69) is 24.9 Å². The van der Waals surface area contributed by atoms with Crippen molar-refractivity contribution in [3.63, 3.8) is 0 Å². The number of ether oxygens (including phenoxy) is 1. The molecule has 5 rings (SSSR count). The van der Waals surface area contributed by atoms with Gasteiger partial charge in [0.25, 0.3) is 0 Å². The minimum atomic E-state index is -4.79. The Labute approximate surface area is 249 Å². The number of halogens is 7. The highest BCUT2D eigenvalue weighted by atomic mass is 35.5. The zero-order valence-corrected chi connectivity index (χ0v) is 23.4. The fraction of sp³-hybridized carbons (Fsp3) is 0.185. The van der Waals surface area contributed by atoms with Gasteiger partial charge in [-0.3, -0.25) is 0 Å². The van der Waals surface area contributed by atoms with Crippen LogP contribution < -0.4 is 4.74 Å². The second-order valence-electron chi connectivity index (χ2n) is 9.27. The summed E-state index contributed by atoms with van der Waals surface area (Å²) >= 11 is 7.07. The number of thioether (sulfide) groups is 1. The van der Waals surface area contributed by atoms with Crippen molar-refractivity contribution >= 4 is 40.4 Å². The number of rotatable bonds is 6. The van der Waals surface area contributed by atoms with Crippen molar-refractivity contribution in [3.05, 3.63) is 89.2 Å². The van der Waals surface area contributed by atoms with E-state index in [1.165, 1.54) is 48.4 Å². The summed E-state index contributed by atoms with van der Waals surface area (Å²) in [5.41, 5.74) is -1.35. The molecule has 0 amide bonds. The molecule has 0 bridgehead atoms. The van der Waals surface area contributed by atoms with E-state index in [9.17, 15) is 31.4 Å². The smallest absolute Gasteiger partial charge is 0.406 e. The summed E-state index contributed by atoms with van der Waals surface area (Å²) in [5, 5.41) is 20.4. The van der Waals surface area contributed by atoms with Gasteiger partial charge in [-0.2, -0.15) is 18.3 Å². The quantitative estimate of drug-likeness (QED) is 0.176. The second-order valence-corrected chi connectivity index (χ2v) is 10.6. The van der Waals surface area contributed by atoms with E-state index in [1.54, 1.807) is 24.3 Å². The first-order chi connectivity index (χ1) is 20.2. The van der Waals surface area contributed by atoms with Crippen molar-refractivity contribution in [2.75, 3.05) is 5.75 Å². The van der Waals surface area contributed by atoms with Crippen LogP contribution in [0.4, 0.5) is 32.0 Å². The lowest BCUT2D eigenvalue weighted by Crippen LogP contribution is -2.41. The van der Waals surface area contributed by atoms with E-state index in [0.717, 1.165) is 35.0 Å². The number of hydrogen-bond acceptors (Lipinski definition) is 7. The first-order valence-corrected chi connectivity index (χ1v) is 13.6. The molecule has 16 heteroatoms. The van der Waals surface area contributed by atoms with Crippen LogP contribution in [0.2, 0.25) is 5.02 Å². The van der Waals surface area contributed by atoms with Crippen molar-refractivity contribution in [2.24, 2.45) is 10.1 Å². The van der Waals surface area contributed by atoms with Gasteiger partial charge < -0.3 is 9.84 Å². The first-order valence-electron chi connectivity index (χ1n) is 12.2. The van der Waals surface area contributed by atoms with Gasteiger partial charge in [-0.25, -0.2) is 19.7 Å². The van der Waals surface area contributed by atoms with E-state index in [-0.39, 0.29) is 21.7 Å². The van der Waals surface area contributed by atoms with Gasteiger partial charge in [-0.05, 0) is 48.9 Å². The molecule has 1 atom stereocenters. The average Bonchev–Trinajstić information content (AvgIpc) is 3.52. The Morgan fingerprint density at radius 3 is 2.37 bits per heavy atom. The van der Waals surface area contributed by atoms with Crippen LogP contribution in [0.3, 0.4) is 0 Å². The summed E-state index contributed by atoms with van der Waals surface area (Å²) in [4.78, 5) is 8.36. The molecule has 224 valence electrons. The van der Waals surface area contributed by atoms with Crippen LogP contribution in [-0.2, 0) is 6.18 Å². The van der Waals surface area contributed by atoms with Gasteiger partial charge in [0.15, 0.2) is 16.7 Å². The summed E-state index contributed by atoms with van der Waals surface area (Å²) in [5.74, 6) is 0.0733. The van der Waals surface area contributed by atoms with Crippen molar-refractivity contribution in [1.29, 1.82) is 0 Å². The summed E-state index contributed by atoms with van der Waals surface area (Å²) in [6.45, 7) is 1.46. The third kappa shape index (κ3) is 7.12. The maximum Gasteiger partial charge on any atom is 0.573 e. The lowest BCUT2D eigenvalue weighted by Gasteiger charge is -2.25. The Hall–Kier alpha value is -4.08. The van der Waals surface area contributed by atoms with Crippen molar-refractivity contribution in [3.8, 4) is 22.8 Å². The Balaban J connectivity index is 1.33. The lowest BCUT2D eigenvalue weighted by atomic mass is 10.1. The summed E-state index contributed by atoms with van der Waals surface area (Å²) < 4.78 is 83.1. The summed E-state index contributed by atoms with van der Waals surface area (Å²) in [6, 6.07) is 15.3. The molecule has 0 spiro atoms. The first kappa shape index (κ1) is 30.4. The Bertz CT molecular complexity index is 1670. The van der Waals surface area contributed by atoms with Crippen LogP contribution in [-0.4, -0.2) is 54.1 Å². The number of aromatic nitrogens is 3. The predicted molar refractivity (Wildman–Crippen MR) is 150 cm³/mol. The number of aliphatic imine (C=N–C) groups is 1. The minimum Gasteiger partial charge on any atom is -0.406 e. The van der Waals surface area contributed by atoms with E-state index in [1.807, 2.05) is 0 Å². The van der Waals surface area contributed by atoms with E-state index in [4.69, 9.17) is 11.6 Å². The Morgan fingerprint density at radius 2 is 1.72 bits per heavy atom. The molecular formula is C27H19ClF6N6O2S. The topological polar surface area (TPSA) is 88.1 Å². The van der Waals surface area contributed by atoms with E-state index >= 15 is 0 Å². The zero-order chi connectivity index (χ0) is 31.0. The molecule has 0 aliphatic carbocycles. The highest BCUT2D eigenvalue weighted by Gasteiger charge is 2.41. The third-order valence-corrected chi connectivity index (χ3v) is 7.45. The van der Waals surface area contributed by atoms with Gasteiger partial charge in [0.05, 0.1) is 33.9 Å². The number of benzene rings is 3. The normalized spacial score (nSPS) is 18.6. The predicted octanol–water partition coefficient (Wildman–Crippen LogP) is 7.28. The maximum absolute atomic E-state index is 13.6. The summed E-state index contributed by atoms with van der Waals surface area (Å²) in [7, 11) is 0. The molecular weight excluding hydrogens is 622 g/mol. The highest BCUT2D eigenvalue weighted by molar-refractivity contribution is 8.14. The number of amidine groups is 1. The van der Waals surface area contributed by atoms with Crippen molar-refractivity contribution in [2.45, 2.75) is 25.2 Å². The lowest BCUT2D eigenvalue weighted by molar-refractivity contribution is -0.274. The molecule has 1 aliphatic rings. The van der Waals surface area contributed by atoms with Crippen LogP contribution in [0.25, 0.3) is 17.1 Å². The van der Waals surface area contributed by atoms with Crippen molar-refractivity contribution in [1.82, 2.24) is 19.8 Å². The van der Waals surface area contributed by atoms with Gasteiger partial charge in [0, 0.05) is 5.56 Å². The molecule has 8 nitrogen and oxygen atoms in total. The number of aliphatic hydroxyl groups is 1.